The molecule has 1 saturated heterocycles. The third-order valence-corrected chi connectivity index (χ3v) is 4.03. The maximum Gasteiger partial charge on any atom is 0.0513 e. The van der Waals surface area contributed by atoms with Crippen LogP contribution < -0.4 is 5.32 Å². The SMILES string of the molecule is CCCNC(c1ccc(CC(C)C)cc1)C1CCOC1. The smallest absolute Gasteiger partial charge is 0.0513 e. The summed E-state index contributed by atoms with van der Waals surface area (Å²) in [6.45, 7) is 9.66. The van der Waals surface area contributed by atoms with Crippen molar-refractivity contribution in [3.05, 3.63) is 35.4 Å². The molecule has 1 aliphatic heterocycles. The van der Waals surface area contributed by atoms with Gasteiger partial charge in [-0.05, 0) is 42.9 Å². The van der Waals surface area contributed by atoms with Gasteiger partial charge in [-0.15, -0.1) is 0 Å². The van der Waals surface area contributed by atoms with Crippen molar-refractivity contribution in [2.75, 3.05) is 19.8 Å². The molecule has 1 heterocycles. The zero-order chi connectivity index (χ0) is 14.4. The molecule has 2 heteroatoms. The van der Waals surface area contributed by atoms with Crippen LogP contribution in [0.25, 0.3) is 0 Å². The molecule has 2 unspecified atom stereocenters. The Morgan fingerprint density at radius 2 is 2.00 bits per heavy atom. The van der Waals surface area contributed by atoms with Gasteiger partial charge in [0.05, 0.1) is 6.61 Å². The Bertz CT molecular complexity index is 379. The third-order valence-electron chi connectivity index (χ3n) is 4.03. The lowest BCUT2D eigenvalue weighted by atomic mass is 9.91. The maximum atomic E-state index is 5.58. The van der Waals surface area contributed by atoms with Crippen LogP contribution in [0.3, 0.4) is 0 Å². The van der Waals surface area contributed by atoms with Crippen LogP contribution in [-0.2, 0) is 11.2 Å². The largest absolute Gasteiger partial charge is 0.381 e. The lowest BCUT2D eigenvalue weighted by Crippen LogP contribution is -2.29. The summed E-state index contributed by atoms with van der Waals surface area (Å²) in [5.74, 6) is 1.34. The molecular weight excluding hydrogens is 246 g/mol. The summed E-state index contributed by atoms with van der Waals surface area (Å²) < 4.78 is 5.58. The number of nitrogens with one attached hydrogen (secondary N) is 1. The summed E-state index contributed by atoms with van der Waals surface area (Å²) in [5.41, 5.74) is 2.86. The summed E-state index contributed by atoms with van der Waals surface area (Å²) in [6, 6.07) is 9.66. The molecule has 0 aromatic heterocycles. The van der Waals surface area contributed by atoms with Gasteiger partial charge in [0.15, 0.2) is 0 Å². The molecule has 112 valence electrons. The van der Waals surface area contributed by atoms with Crippen molar-refractivity contribution in [3.8, 4) is 0 Å². The van der Waals surface area contributed by atoms with Crippen LogP contribution in [-0.4, -0.2) is 19.8 Å². The minimum absolute atomic E-state index is 0.450. The van der Waals surface area contributed by atoms with E-state index in [1.165, 1.54) is 30.4 Å². The first-order valence-electron chi connectivity index (χ1n) is 8.10. The highest BCUT2D eigenvalue weighted by atomic mass is 16.5. The summed E-state index contributed by atoms with van der Waals surface area (Å²) in [7, 11) is 0. The van der Waals surface area contributed by atoms with Crippen molar-refractivity contribution in [2.24, 2.45) is 11.8 Å². The van der Waals surface area contributed by atoms with Gasteiger partial charge in [-0.25, -0.2) is 0 Å². The van der Waals surface area contributed by atoms with Crippen LogP contribution in [0.5, 0.6) is 0 Å². The van der Waals surface area contributed by atoms with Crippen LogP contribution >= 0.6 is 0 Å². The van der Waals surface area contributed by atoms with E-state index in [1.54, 1.807) is 0 Å². The summed E-state index contributed by atoms with van der Waals surface area (Å²) >= 11 is 0. The Morgan fingerprint density at radius 3 is 2.55 bits per heavy atom. The second-order valence-corrected chi connectivity index (χ2v) is 6.40. The number of benzene rings is 1. The minimum Gasteiger partial charge on any atom is -0.381 e. The highest BCUT2D eigenvalue weighted by molar-refractivity contribution is 5.26. The molecule has 1 aromatic carbocycles. The molecule has 0 spiro atoms. The molecule has 0 saturated carbocycles. The molecule has 2 nitrogen and oxygen atoms in total. The van der Waals surface area contributed by atoms with E-state index in [1.807, 2.05) is 0 Å². The van der Waals surface area contributed by atoms with E-state index in [4.69, 9.17) is 4.74 Å². The molecule has 0 aliphatic carbocycles. The van der Waals surface area contributed by atoms with Crippen LogP contribution in [0.4, 0.5) is 0 Å². The van der Waals surface area contributed by atoms with Gasteiger partial charge < -0.3 is 10.1 Å². The van der Waals surface area contributed by atoms with E-state index in [0.29, 0.717) is 12.0 Å². The highest BCUT2D eigenvalue weighted by Crippen LogP contribution is 2.29. The van der Waals surface area contributed by atoms with Gasteiger partial charge in [-0.3, -0.25) is 0 Å². The molecule has 0 bridgehead atoms. The Morgan fingerprint density at radius 1 is 1.25 bits per heavy atom. The molecule has 20 heavy (non-hydrogen) atoms. The van der Waals surface area contributed by atoms with Gasteiger partial charge in [0, 0.05) is 18.6 Å². The standard InChI is InChI=1S/C18H29NO/c1-4-10-19-18(17-9-11-20-13-17)16-7-5-15(6-8-16)12-14(2)3/h5-8,14,17-19H,4,9-13H2,1-3H3. The molecule has 0 amide bonds. The van der Waals surface area contributed by atoms with Gasteiger partial charge in [0.2, 0.25) is 0 Å². The maximum absolute atomic E-state index is 5.58. The number of hydrogen-bond donors (Lipinski definition) is 1. The van der Waals surface area contributed by atoms with Gasteiger partial charge in [0.1, 0.15) is 0 Å². The van der Waals surface area contributed by atoms with E-state index >= 15 is 0 Å². The number of ether oxygens (including phenoxy) is 1. The predicted molar refractivity (Wildman–Crippen MR) is 84.9 cm³/mol. The summed E-state index contributed by atoms with van der Waals surface area (Å²) in [6.07, 6.45) is 3.52. The van der Waals surface area contributed by atoms with Crippen LogP contribution in [0, 0.1) is 11.8 Å². The van der Waals surface area contributed by atoms with Crippen LogP contribution in [0.15, 0.2) is 24.3 Å². The molecule has 1 N–H and O–H groups in total. The first-order chi connectivity index (χ1) is 9.70. The number of hydrogen-bond acceptors (Lipinski definition) is 2. The second-order valence-electron chi connectivity index (χ2n) is 6.40. The first-order valence-corrected chi connectivity index (χ1v) is 8.10. The average molecular weight is 275 g/mol. The van der Waals surface area contributed by atoms with Crippen LogP contribution in [0.2, 0.25) is 0 Å². The Labute approximate surface area is 123 Å². The van der Waals surface area contributed by atoms with Gasteiger partial charge in [-0.2, -0.15) is 0 Å². The van der Waals surface area contributed by atoms with E-state index in [9.17, 15) is 0 Å². The zero-order valence-corrected chi connectivity index (χ0v) is 13.2. The van der Waals surface area contributed by atoms with Crippen molar-refractivity contribution in [1.82, 2.24) is 5.32 Å². The molecule has 1 aromatic rings. The topological polar surface area (TPSA) is 21.3 Å². The highest BCUT2D eigenvalue weighted by Gasteiger charge is 2.26. The third kappa shape index (κ3) is 4.32. The van der Waals surface area contributed by atoms with Crippen molar-refractivity contribution in [3.63, 3.8) is 0 Å². The van der Waals surface area contributed by atoms with Crippen LogP contribution in [0.1, 0.15) is 50.8 Å². The Balaban J connectivity index is 2.06. The fourth-order valence-electron chi connectivity index (χ4n) is 3.00. The van der Waals surface area contributed by atoms with Crippen molar-refractivity contribution < 1.29 is 4.74 Å². The lowest BCUT2D eigenvalue weighted by molar-refractivity contribution is 0.176. The van der Waals surface area contributed by atoms with Crippen molar-refractivity contribution >= 4 is 0 Å². The summed E-state index contributed by atoms with van der Waals surface area (Å²) in [4.78, 5) is 0. The monoisotopic (exact) mass is 275 g/mol. The van der Waals surface area contributed by atoms with Gasteiger partial charge >= 0.3 is 0 Å². The Kier molecular flexibility index (Phi) is 6.06. The van der Waals surface area contributed by atoms with Crippen molar-refractivity contribution in [2.45, 2.75) is 46.1 Å². The van der Waals surface area contributed by atoms with E-state index in [2.05, 4.69) is 50.4 Å². The zero-order valence-electron chi connectivity index (χ0n) is 13.2. The van der Waals surface area contributed by atoms with Crippen molar-refractivity contribution in [1.29, 1.82) is 0 Å². The molecule has 2 rings (SSSR count). The summed E-state index contributed by atoms with van der Waals surface area (Å²) in [5, 5.41) is 3.71. The fourth-order valence-corrected chi connectivity index (χ4v) is 3.00. The average Bonchev–Trinajstić information content (AvgIpc) is 2.94. The second kappa shape index (κ2) is 7.80. The number of rotatable bonds is 7. The van der Waals surface area contributed by atoms with E-state index in [-0.39, 0.29) is 0 Å². The molecule has 0 radical (unpaired) electrons. The van der Waals surface area contributed by atoms with E-state index in [0.717, 1.165) is 25.7 Å². The minimum atomic E-state index is 0.450. The van der Waals surface area contributed by atoms with Gasteiger partial charge in [-0.1, -0.05) is 45.0 Å². The quantitative estimate of drug-likeness (QED) is 0.813. The molecule has 1 fully saturated rings. The first kappa shape index (κ1) is 15.5. The normalized spacial score (nSPS) is 20.5. The predicted octanol–water partition coefficient (Wildman–Crippen LogP) is 3.96. The molecule has 1 aliphatic rings. The molecular formula is C18H29NO. The van der Waals surface area contributed by atoms with E-state index < -0.39 is 0 Å². The fraction of sp³-hybridized carbons (Fsp3) is 0.667. The lowest BCUT2D eigenvalue weighted by Gasteiger charge is -2.24. The molecule has 2 atom stereocenters. The van der Waals surface area contributed by atoms with Gasteiger partial charge in [0.25, 0.3) is 0 Å². The Hall–Kier alpha value is -0.860.